The number of piperidine rings is 1. The Morgan fingerprint density at radius 1 is 1.65 bits per heavy atom. The number of hydrogen-bond acceptors (Lipinski definition) is 4. The normalized spacial score (nSPS) is 22.9. The van der Waals surface area contributed by atoms with Gasteiger partial charge in [-0.1, -0.05) is 11.6 Å². The smallest absolute Gasteiger partial charge is 0.211 e. The Morgan fingerprint density at radius 3 is 2.90 bits per heavy atom. The van der Waals surface area contributed by atoms with E-state index in [2.05, 4.69) is 15.9 Å². The SMILES string of the molecule is CS(=O)(=O)N1CCCC(CC(O)c2cc(Br)c(Cl)s2)C1. The van der Waals surface area contributed by atoms with Gasteiger partial charge in [0.05, 0.1) is 12.4 Å². The molecule has 20 heavy (non-hydrogen) atoms. The average Bonchev–Trinajstić information content (AvgIpc) is 2.69. The maximum atomic E-state index is 11.6. The number of sulfonamides is 1. The summed E-state index contributed by atoms with van der Waals surface area (Å²) < 4.78 is 26.1. The third kappa shape index (κ3) is 4.18. The van der Waals surface area contributed by atoms with Crippen molar-refractivity contribution >= 4 is 48.9 Å². The number of thiophene rings is 1. The molecular weight excluding hydrogens is 386 g/mol. The van der Waals surface area contributed by atoms with Crippen LogP contribution in [0.2, 0.25) is 4.34 Å². The van der Waals surface area contributed by atoms with E-state index < -0.39 is 16.1 Å². The van der Waals surface area contributed by atoms with Crippen LogP contribution in [0.1, 0.15) is 30.2 Å². The minimum Gasteiger partial charge on any atom is -0.388 e. The maximum absolute atomic E-state index is 11.6. The first kappa shape index (κ1) is 16.7. The molecule has 4 nitrogen and oxygen atoms in total. The zero-order chi connectivity index (χ0) is 14.9. The number of rotatable bonds is 4. The molecule has 0 saturated carbocycles. The van der Waals surface area contributed by atoms with Crippen LogP contribution in [0.25, 0.3) is 0 Å². The van der Waals surface area contributed by atoms with Crippen LogP contribution in [0, 0.1) is 5.92 Å². The fourth-order valence-electron chi connectivity index (χ4n) is 2.48. The number of hydrogen-bond donors (Lipinski definition) is 1. The quantitative estimate of drug-likeness (QED) is 0.841. The molecule has 2 heterocycles. The minimum absolute atomic E-state index is 0.188. The molecule has 1 aliphatic rings. The molecule has 1 saturated heterocycles. The van der Waals surface area contributed by atoms with Crippen LogP contribution in [0.15, 0.2) is 10.5 Å². The fraction of sp³-hybridized carbons (Fsp3) is 0.667. The molecule has 0 amide bonds. The van der Waals surface area contributed by atoms with E-state index >= 15 is 0 Å². The van der Waals surface area contributed by atoms with Gasteiger partial charge in [0, 0.05) is 22.4 Å². The second-order valence-electron chi connectivity index (χ2n) is 5.15. The Morgan fingerprint density at radius 2 is 2.35 bits per heavy atom. The zero-order valence-corrected chi connectivity index (χ0v) is 15.0. The van der Waals surface area contributed by atoms with Gasteiger partial charge in [0.25, 0.3) is 0 Å². The standard InChI is InChI=1S/C12H17BrClNO3S2/c1-20(17,18)15-4-2-3-8(7-15)5-10(16)11-6-9(13)12(14)19-11/h6,8,10,16H,2-5,7H2,1H3. The molecule has 1 aromatic rings. The summed E-state index contributed by atoms with van der Waals surface area (Å²) in [6, 6.07) is 1.83. The summed E-state index contributed by atoms with van der Waals surface area (Å²) in [5, 5.41) is 10.3. The minimum atomic E-state index is -3.14. The largest absolute Gasteiger partial charge is 0.388 e. The highest BCUT2D eigenvalue weighted by atomic mass is 79.9. The first-order chi connectivity index (χ1) is 9.27. The van der Waals surface area contributed by atoms with Crippen molar-refractivity contribution in [3.63, 3.8) is 0 Å². The lowest BCUT2D eigenvalue weighted by Gasteiger charge is -2.31. The molecule has 0 aromatic carbocycles. The Balaban J connectivity index is 1.99. The van der Waals surface area contributed by atoms with E-state index in [0.29, 0.717) is 23.8 Å². The van der Waals surface area contributed by atoms with Crippen molar-refractivity contribution in [3.05, 3.63) is 19.8 Å². The van der Waals surface area contributed by atoms with Crippen molar-refractivity contribution in [1.82, 2.24) is 4.31 Å². The molecule has 2 unspecified atom stereocenters. The molecule has 1 N–H and O–H groups in total. The summed E-state index contributed by atoms with van der Waals surface area (Å²) in [5.41, 5.74) is 0. The predicted molar refractivity (Wildman–Crippen MR) is 85.7 cm³/mol. The molecule has 114 valence electrons. The zero-order valence-electron chi connectivity index (χ0n) is 11.1. The van der Waals surface area contributed by atoms with Crippen LogP contribution in [-0.4, -0.2) is 37.2 Å². The number of aliphatic hydroxyl groups is 1. The Labute approximate surface area is 136 Å². The molecule has 0 aliphatic carbocycles. The fourth-order valence-corrected chi connectivity index (χ4v) is 5.16. The summed E-state index contributed by atoms with van der Waals surface area (Å²) in [5.74, 6) is 0.188. The lowest BCUT2D eigenvalue weighted by Crippen LogP contribution is -2.39. The summed E-state index contributed by atoms with van der Waals surface area (Å²) in [6.45, 7) is 1.08. The average molecular weight is 403 g/mol. The van der Waals surface area contributed by atoms with Gasteiger partial charge in [-0.25, -0.2) is 12.7 Å². The first-order valence-corrected chi connectivity index (χ1v) is 10.2. The van der Waals surface area contributed by atoms with Gasteiger partial charge in [-0.15, -0.1) is 11.3 Å². The van der Waals surface area contributed by atoms with E-state index in [9.17, 15) is 13.5 Å². The third-order valence-electron chi connectivity index (χ3n) is 3.50. The Hall–Kier alpha value is 0.340. The Kier molecular flexibility index (Phi) is 5.53. The van der Waals surface area contributed by atoms with E-state index in [1.165, 1.54) is 21.9 Å². The first-order valence-electron chi connectivity index (χ1n) is 6.35. The summed E-state index contributed by atoms with van der Waals surface area (Å²) in [7, 11) is -3.14. The monoisotopic (exact) mass is 401 g/mol. The van der Waals surface area contributed by atoms with Crippen molar-refractivity contribution < 1.29 is 13.5 Å². The molecule has 2 atom stereocenters. The molecular formula is C12H17BrClNO3S2. The van der Waals surface area contributed by atoms with Gasteiger partial charge in [0.2, 0.25) is 10.0 Å². The Bertz CT molecular complexity index is 556. The van der Waals surface area contributed by atoms with Crippen LogP contribution < -0.4 is 0 Å². The highest BCUT2D eigenvalue weighted by molar-refractivity contribution is 9.10. The number of halogens is 2. The predicted octanol–water partition coefficient (Wildman–Crippen LogP) is 3.26. The lowest BCUT2D eigenvalue weighted by atomic mass is 9.93. The maximum Gasteiger partial charge on any atom is 0.211 e. The molecule has 1 fully saturated rings. The summed E-state index contributed by atoms with van der Waals surface area (Å²) in [6.07, 6.45) is 3.01. The second kappa shape index (κ2) is 6.62. The van der Waals surface area contributed by atoms with Gasteiger partial charge in [0.1, 0.15) is 4.34 Å². The second-order valence-corrected chi connectivity index (χ2v) is 9.67. The van der Waals surface area contributed by atoms with E-state index in [1.54, 1.807) is 0 Å². The van der Waals surface area contributed by atoms with E-state index in [-0.39, 0.29) is 5.92 Å². The van der Waals surface area contributed by atoms with Crippen molar-refractivity contribution in [2.45, 2.75) is 25.4 Å². The lowest BCUT2D eigenvalue weighted by molar-refractivity contribution is 0.125. The van der Waals surface area contributed by atoms with Crippen LogP contribution in [0.5, 0.6) is 0 Å². The summed E-state index contributed by atoms with van der Waals surface area (Å²) >= 11 is 10.7. The van der Waals surface area contributed by atoms with Gasteiger partial charge in [0.15, 0.2) is 0 Å². The topological polar surface area (TPSA) is 57.6 Å². The van der Waals surface area contributed by atoms with E-state index in [0.717, 1.165) is 22.2 Å². The number of nitrogens with zero attached hydrogens (tertiary/aromatic N) is 1. The van der Waals surface area contributed by atoms with Crippen molar-refractivity contribution in [2.75, 3.05) is 19.3 Å². The van der Waals surface area contributed by atoms with Crippen LogP contribution in [0.3, 0.4) is 0 Å². The molecule has 1 aromatic heterocycles. The highest BCUT2D eigenvalue weighted by Gasteiger charge is 2.28. The van der Waals surface area contributed by atoms with Gasteiger partial charge >= 0.3 is 0 Å². The van der Waals surface area contributed by atoms with Gasteiger partial charge in [-0.05, 0) is 47.2 Å². The van der Waals surface area contributed by atoms with Crippen LogP contribution >= 0.6 is 38.9 Å². The van der Waals surface area contributed by atoms with Gasteiger partial charge < -0.3 is 5.11 Å². The van der Waals surface area contributed by atoms with Crippen molar-refractivity contribution in [3.8, 4) is 0 Å². The molecule has 8 heteroatoms. The van der Waals surface area contributed by atoms with Crippen LogP contribution in [-0.2, 0) is 10.0 Å². The molecule has 0 radical (unpaired) electrons. The molecule has 1 aliphatic heterocycles. The molecule has 0 bridgehead atoms. The van der Waals surface area contributed by atoms with E-state index in [4.69, 9.17) is 11.6 Å². The van der Waals surface area contributed by atoms with Crippen molar-refractivity contribution in [1.29, 1.82) is 0 Å². The van der Waals surface area contributed by atoms with Crippen molar-refractivity contribution in [2.24, 2.45) is 5.92 Å². The third-order valence-corrected chi connectivity index (χ3v) is 7.35. The van der Waals surface area contributed by atoms with Gasteiger partial charge in [-0.2, -0.15) is 0 Å². The van der Waals surface area contributed by atoms with Gasteiger partial charge in [-0.3, -0.25) is 0 Å². The van der Waals surface area contributed by atoms with E-state index in [1.807, 2.05) is 6.07 Å². The molecule has 2 rings (SSSR count). The molecule has 0 spiro atoms. The number of aliphatic hydroxyl groups excluding tert-OH is 1. The highest BCUT2D eigenvalue weighted by Crippen LogP contribution is 2.38. The van der Waals surface area contributed by atoms with Crippen LogP contribution in [0.4, 0.5) is 0 Å². The summed E-state index contributed by atoms with van der Waals surface area (Å²) in [4.78, 5) is 0.818.